The Bertz CT molecular complexity index is 623. The van der Waals surface area contributed by atoms with Crippen molar-refractivity contribution in [2.24, 2.45) is 0 Å². The van der Waals surface area contributed by atoms with Gasteiger partial charge in [0.15, 0.2) is 0 Å². The van der Waals surface area contributed by atoms with Gasteiger partial charge in [0.05, 0.1) is 11.3 Å². The minimum atomic E-state index is -4.31. The zero-order valence-electron chi connectivity index (χ0n) is 14.6. The molecular weight excluding hydrogens is 327 g/mol. The molecule has 136 valence electrons. The molecule has 0 radical (unpaired) electrons. The van der Waals surface area contributed by atoms with Crippen molar-refractivity contribution in [3.05, 3.63) is 65.5 Å². The van der Waals surface area contributed by atoms with E-state index in [9.17, 15) is 13.2 Å². The number of alkyl halides is 3. The van der Waals surface area contributed by atoms with E-state index in [1.54, 1.807) is 18.3 Å². The Kier molecular flexibility index (Phi) is 6.96. The molecule has 0 amide bonds. The highest BCUT2D eigenvalue weighted by molar-refractivity contribution is 5.27. The highest BCUT2D eigenvalue weighted by Gasteiger charge is 2.30. The molecule has 1 unspecified atom stereocenters. The number of halogens is 3. The smallest absolute Gasteiger partial charge is 0.309 e. The molecule has 0 aliphatic heterocycles. The Morgan fingerprint density at radius 3 is 2.24 bits per heavy atom. The van der Waals surface area contributed by atoms with Crippen LogP contribution in [0.2, 0.25) is 0 Å². The Balaban J connectivity index is 2.10. The second kappa shape index (κ2) is 8.97. The summed E-state index contributed by atoms with van der Waals surface area (Å²) in [5.41, 5.74) is 1.20. The maximum atomic E-state index is 12.8. The lowest BCUT2D eigenvalue weighted by molar-refractivity contribution is -0.137. The zero-order chi connectivity index (χ0) is 18.3. The average Bonchev–Trinajstić information content (AvgIpc) is 2.61. The lowest BCUT2D eigenvalue weighted by Crippen LogP contribution is -2.35. The summed E-state index contributed by atoms with van der Waals surface area (Å²) in [7, 11) is 0. The van der Waals surface area contributed by atoms with Crippen molar-refractivity contribution < 1.29 is 13.2 Å². The highest BCUT2D eigenvalue weighted by atomic mass is 19.4. The molecule has 1 N–H and O–H groups in total. The van der Waals surface area contributed by atoms with Crippen molar-refractivity contribution in [2.75, 3.05) is 19.6 Å². The number of rotatable bonds is 8. The summed E-state index contributed by atoms with van der Waals surface area (Å²) in [4.78, 5) is 6.50. The number of hydrogen-bond donors (Lipinski definition) is 1. The topological polar surface area (TPSA) is 28.2 Å². The lowest BCUT2D eigenvalue weighted by atomic mass is 10.0. The molecule has 2 aromatic rings. The summed E-state index contributed by atoms with van der Waals surface area (Å²) < 4.78 is 38.3. The van der Waals surface area contributed by atoms with Gasteiger partial charge in [0.25, 0.3) is 0 Å². The van der Waals surface area contributed by atoms with Crippen LogP contribution in [-0.2, 0) is 12.7 Å². The summed E-state index contributed by atoms with van der Waals surface area (Å²) in [6, 6.07) is 11.2. The molecule has 6 heteroatoms. The van der Waals surface area contributed by atoms with Crippen molar-refractivity contribution in [1.29, 1.82) is 0 Å². The van der Waals surface area contributed by atoms with Gasteiger partial charge in [0.2, 0.25) is 0 Å². The van der Waals surface area contributed by atoms with Gasteiger partial charge in [-0.2, -0.15) is 13.2 Å². The second-order valence-corrected chi connectivity index (χ2v) is 5.81. The van der Waals surface area contributed by atoms with Crippen LogP contribution in [0.1, 0.15) is 36.7 Å². The Hall–Kier alpha value is -1.92. The maximum absolute atomic E-state index is 12.8. The summed E-state index contributed by atoms with van der Waals surface area (Å²) in [6.07, 6.45) is -2.56. The molecule has 1 aromatic heterocycles. The Morgan fingerprint density at radius 1 is 1.04 bits per heavy atom. The molecule has 0 saturated heterocycles. The summed E-state index contributed by atoms with van der Waals surface area (Å²) >= 11 is 0. The van der Waals surface area contributed by atoms with E-state index in [0.717, 1.165) is 36.5 Å². The molecule has 0 aliphatic carbocycles. The SMILES string of the molecule is CCN(CC)C(CNCc1ccccn1)c1ccc(C(F)(F)F)cc1. The number of nitrogens with zero attached hydrogens (tertiary/aromatic N) is 2. The van der Waals surface area contributed by atoms with E-state index in [1.807, 2.05) is 18.2 Å². The molecule has 2 rings (SSSR count). The minimum Gasteiger partial charge on any atom is -0.309 e. The van der Waals surface area contributed by atoms with Crippen molar-refractivity contribution in [2.45, 2.75) is 32.6 Å². The minimum absolute atomic E-state index is 0.0148. The quantitative estimate of drug-likeness (QED) is 0.770. The number of likely N-dealkylation sites (N-methyl/N-ethyl adjacent to an activating group) is 1. The van der Waals surface area contributed by atoms with Crippen LogP contribution in [0.5, 0.6) is 0 Å². The first-order valence-corrected chi connectivity index (χ1v) is 8.47. The number of hydrogen-bond acceptors (Lipinski definition) is 3. The van der Waals surface area contributed by atoms with Crippen LogP contribution in [0, 0.1) is 0 Å². The summed E-state index contributed by atoms with van der Waals surface area (Å²) in [5.74, 6) is 0. The molecule has 3 nitrogen and oxygen atoms in total. The lowest BCUT2D eigenvalue weighted by Gasteiger charge is -2.30. The third-order valence-electron chi connectivity index (χ3n) is 4.25. The molecule has 0 spiro atoms. The fraction of sp³-hybridized carbons (Fsp3) is 0.421. The van der Waals surface area contributed by atoms with E-state index >= 15 is 0 Å². The summed E-state index contributed by atoms with van der Waals surface area (Å²) in [6.45, 7) is 7.03. The van der Waals surface area contributed by atoms with Crippen LogP contribution in [-0.4, -0.2) is 29.5 Å². The third-order valence-corrected chi connectivity index (χ3v) is 4.25. The van der Waals surface area contributed by atoms with Gasteiger partial charge in [-0.25, -0.2) is 0 Å². The predicted octanol–water partition coefficient (Wildman–Crippen LogP) is 4.27. The van der Waals surface area contributed by atoms with Gasteiger partial charge >= 0.3 is 6.18 Å². The van der Waals surface area contributed by atoms with Gasteiger partial charge < -0.3 is 5.32 Å². The average molecular weight is 351 g/mol. The highest BCUT2D eigenvalue weighted by Crippen LogP contribution is 2.30. The zero-order valence-corrected chi connectivity index (χ0v) is 14.6. The molecule has 1 aromatic carbocycles. The van der Waals surface area contributed by atoms with E-state index in [1.165, 1.54) is 0 Å². The van der Waals surface area contributed by atoms with Crippen LogP contribution < -0.4 is 5.32 Å². The fourth-order valence-electron chi connectivity index (χ4n) is 2.86. The van der Waals surface area contributed by atoms with Crippen LogP contribution in [0.4, 0.5) is 13.2 Å². The Morgan fingerprint density at radius 2 is 1.72 bits per heavy atom. The third kappa shape index (κ3) is 5.54. The van der Waals surface area contributed by atoms with E-state index in [4.69, 9.17) is 0 Å². The van der Waals surface area contributed by atoms with Crippen molar-refractivity contribution >= 4 is 0 Å². The van der Waals surface area contributed by atoms with Crippen LogP contribution >= 0.6 is 0 Å². The molecule has 25 heavy (non-hydrogen) atoms. The van der Waals surface area contributed by atoms with Gasteiger partial charge in [0, 0.05) is 25.3 Å². The van der Waals surface area contributed by atoms with Gasteiger partial charge in [-0.3, -0.25) is 9.88 Å². The molecule has 0 bridgehead atoms. The van der Waals surface area contributed by atoms with Crippen molar-refractivity contribution in [3.63, 3.8) is 0 Å². The number of nitrogens with one attached hydrogen (secondary N) is 1. The van der Waals surface area contributed by atoms with E-state index < -0.39 is 11.7 Å². The summed E-state index contributed by atoms with van der Waals surface area (Å²) in [5, 5.41) is 3.37. The van der Waals surface area contributed by atoms with Crippen molar-refractivity contribution in [3.8, 4) is 0 Å². The fourth-order valence-corrected chi connectivity index (χ4v) is 2.86. The molecule has 0 aliphatic rings. The first kappa shape index (κ1) is 19.4. The van der Waals surface area contributed by atoms with Crippen LogP contribution in [0.15, 0.2) is 48.7 Å². The van der Waals surface area contributed by atoms with E-state index in [0.29, 0.717) is 13.1 Å². The number of benzene rings is 1. The Labute approximate surface area is 146 Å². The van der Waals surface area contributed by atoms with Gasteiger partial charge in [-0.05, 0) is 42.9 Å². The first-order chi connectivity index (χ1) is 12.0. The van der Waals surface area contributed by atoms with Gasteiger partial charge in [0.1, 0.15) is 0 Å². The molecule has 1 atom stereocenters. The number of pyridine rings is 1. The van der Waals surface area contributed by atoms with Gasteiger partial charge in [-0.1, -0.05) is 32.0 Å². The van der Waals surface area contributed by atoms with Crippen LogP contribution in [0.25, 0.3) is 0 Å². The predicted molar refractivity (Wildman–Crippen MR) is 93.0 cm³/mol. The van der Waals surface area contributed by atoms with E-state index in [2.05, 4.69) is 29.0 Å². The standard InChI is InChI=1S/C19H24F3N3/c1-3-25(4-2)18(14-23-13-17-7-5-6-12-24-17)15-8-10-16(11-9-15)19(20,21)22/h5-12,18,23H,3-4,13-14H2,1-2H3. The number of aromatic nitrogens is 1. The molecular formula is C19H24F3N3. The molecule has 0 saturated carbocycles. The van der Waals surface area contributed by atoms with E-state index in [-0.39, 0.29) is 6.04 Å². The maximum Gasteiger partial charge on any atom is 0.416 e. The monoisotopic (exact) mass is 351 g/mol. The normalized spacial score (nSPS) is 13.2. The van der Waals surface area contributed by atoms with Crippen LogP contribution in [0.3, 0.4) is 0 Å². The van der Waals surface area contributed by atoms with Gasteiger partial charge in [-0.15, -0.1) is 0 Å². The first-order valence-electron chi connectivity index (χ1n) is 8.47. The largest absolute Gasteiger partial charge is 0.416 e. The van der Waals surface area contributed by atoms with Crippen molar-refractivity contribution in [1.82, 2.24) is 15.2 Å². The molecule has 1 heterocycles. The second-order valence-electron chi connectivity index (χ2n) is 5.81. The molecule has 0 fully saturated rings.